The first-order valence-corrected chi connectivity index (χ1v) is 4.18. The fourth-order valence-electron chi connectivity index (χ4n) is 1.36. The molecule has 0 spiro atoms. The van der Waals surface area contributed by atoms with Crippen molar-refractivity contribution in [3.8, 4) is 0 Å². The second kappa shape index (κ2) is 2.21. The van der Waals surface area contributed by atoms with Crippen molar-refractivity contribution in [3.63, 3.8) is 0 Å². The lowest BCUT2D eigenvalue weighted by Crippen LogP contribution is -2.34. The number of rotatable bonds is 2. The van der Waals surface area contributed by atoms with E-state index in [1.165, 1.54) is 18.6 Å². The van der Waals surface area contributed by atoms with E-state index in [0.29, 0.717) is 6.54 Å². The fourth-order valence-corrected chi connectivity index (χ4v) is 1.36. The Morgan fingerprint density at radius 1 is 1.73 bits per heavy atom. The van der Waals surface area contributed by atoms with Gasteiger partial charge in [-0.05, 0) is 19.8 Å². The van der Waals surface area contributed by atoms with Gasteiger partial charge < -0.3 is 10.6 Å². The SMILES string of the molecule is CC1(CN)CC(C2CC2)=NO1. The molecule has 3 nitrogen and oxygen atoms in total. The largest absolute Gasteiger partial charge is 0.388 e. The lowest BCUT2D eigenvalue weighted by molar-refractivity contribution is 0.00421. The van der Waals surface area contributed by atoms with Crippen LogP contribution in [0.2, 0.25) is 0 Å². The quantitative estimate of drug-likeness (QED) is 0.642. The molecule has 2 aliphatic rings. The Kier molecular flexibility index (Phi) is 1.42. The molecule has 0 aromatic rings. The van der Waals surface area contributed by atoms with Gasteiger partial charge in [-0.15, -0.1) is 0 Å². The standard InChI is InChI=1S/C8H14N2O/c1-8(5-9)4-7(10-11-8)6-2-3-6/h6H,2-5,9H2,1H3. The van der Waals surface area contributed by atoms with Crippen molar-refractivity contribution in [3.05, 3.63) is 0 Å². The Morgan fingerprint density at radius 3 is 2.91 bits per heavy atom. The topological polar surface area (TPSA) is 47.6 Å². The summed E-state index contributed by atoms with van der Waals surface area (Å²) in [7, 11) is 0. The normalized spacial score (nSPS) is 36.7. The molecule has 0 amide bonds. The third-order valence-corrected chi connectivity index (χ3v) is 2.42. The van der Waals surface area contributed by atoms with Crippen LogP contribution in [0.5, 0.6) is 0 Å². The minimum absolute atomic E-state index is 0.197. The molecule has 1 saturated carbocycles. The van der Waals surface area contributed by atoms with Crippen molar-refractivity contribution in [1.82, 2.24) is 0 Å². The molecule has 0 radical (unpaired) electrons. The van der Waals surface area contributed by atoms with E-state index in [-0.39, 0.29) is 5.60 Å². The highest BCUT2D eigenvalue weighted by atomic mass is 16.7. The van der Waals surface area contributed by atoms with Crippen LogP contribution < -0.4 is 5.73 Å². The Morgan fingerprint density at radius 2 is 2.45 bits per heavy atom. The molecule has 11 heavy (non-hydrogen) atoms. The lowest BCUT2D eigenvalue weighted by Gasteiger charge is -2.17. The molecule has 2 rings (SSSR count). The average Bonchev–Trinajstić information content (AvgIpc) is 2.77. The van der Waals surface area contributed by atoms with E-state index in [0.717, 1.165) is 12.3 Å². The molecule has 0 saturated heterocycles. The van der Waals surface area contributed by atoms with Crippen LogP contribution in [0.3, 0.4) is 0 Å². The average molecular weight is 154 g/mol. The molecule has 2 N–H and O–H groups in total. The van der Waals surface area contributed by atoms with E-state index in [2.05, 4.69) is 5.16 Å². The van der Waals surface area contributed by atoms with Gasteiger partial charge in [0.25, 0.3) is 0 Å². The molecule has 0 aromatic carbocycles. The van der Waals surface area contributed by atoms with E-state index < -0.39 is 0 Å². The summed E-state index contributed by atoms with van der Waals surface area (Å²) in [5.41, 5.74) is 6.59. The molecule has 1 aliphatic heterocycles. The zero-order valence-electron chi connectivity index (χ0n) is 6.84. The van der Waals surface area contributed by atoms with Gasteiger partial charge in [-0.1, -0.05) is 5.16 Å². The summed E-state index contributed by atoms with van der Waals surface area (Å²) in [6.45, 7) is 2.58. The molecule has 0 bridgehead atoms. The number of hydrogen-bond acceptors (Lipinski definition) is 3. The maximum Gasteiger partial charge on any atom is 0.152 e. The summed E-state index contributed by atoms with van der Waals surface area (Å²) in [6, 6.07) is 0. The molecule has 1 atom stereocenters. The molecule has 62 valence electrons. The Hall–Kier alpha value is -0.570. The van der Waals surface area contributed by atoms with Crippen LogP contribution in [-0.4, -0.2) is 17.9 Å². The minimum atomic E-state index is -0.197. The lowest BCUT2D eigenvalue weighted by atomic mass is 9.98. The van der Waals surface area contributed by atoms with Gasteiger partial charge in [0.05, 0.1) is 5.71 Å². The van der Waals surface area contributed by atoms with Crippen molar-refractivity contribution >= 4 is 5.71 Å². The predicted octanol–water partition coefficient (Wildman–Crippen LogP) is 0.890. The van der Waals surface area contributed by atoms with Gasteiger partial charge in [0, 0.05) is 18.9 Å². The van der Waals surface area contributed by atoms with Crippen molar-refractivity contribution in [1.29, 1.82) is 0 Å². The maximum atomic E-state index is 5.55. The first-order valence-electron chi connectivity index (χ1n) is 4.18. The molecule has 1 aliphatic carbocycles. The number of nitrogens with zero attached hydrogens (tertiary/aromatic N) is 1. The van der Waals surface area contributed by atoms with Gasteiger partial charge in [0.2, 0.25) is 0 Å². The third kappa shape index (κ3) is 1.25. The van der Waals surface area contributed by atoms with Gasteiger partial charge in [-0.3, -0.25) is 0 Å². The third-order valence-electron chi connectivity index (χ3n) is 2.42. The van der Waals surface area contributed by atoms with Crippen LogP contribution in [0.15, 0.2) is 5.16 Å². The molecule has 1 heterocycles. The van der Waals surface area contributed by atoms with Gasteiger partial charge in [0.1, 0.15) is 0 Å². The highest BCUT2D eigenvalue weighted by Gasteiger charge is 2.39. The van der Waals surface area contributed by atoms with Gasteiger partial charge in [-0.25, -0.2) is 0 Å². The van der Waals surface area contributed by atoms with Crippen molar-refractivity contribution < 1.29 is 4.84 Å². The molecular formula is C8H14N2O. The molecular weight excluding hydrogens is 140 g/mol. The molecule has 1 fully saturated rings. The smallest absolute Gasteiger partial charge is 0.152 e. The molecule has 1 unspecified atom stereocenters. The van der Waals surface area contributed by atoms with E-state index in [9.17, 15) is 0 Å². The van der Waals surface area contributed by atoms with E-state index in [1.54, 1.807) is 0 Å². The number of hydrogen-bond donors (Lipinski definition) is 1. The number of oxime groups is 1. The first-order chi connectivity index (χ1) is 5.23. The van der Waals surface area contributed by atoms with E-state index >= 15 is 0 Å². The van der Waals surface area contributed by atoms with Gasteiger partial charge >= 0.3 is 0 Å². The van der Waals surface area contributed by atoms with E-state index in [4.69, 9.17) is 10.6 Å². The van der Waals surface area contributed by atoms with Crippen molar-refractivity contribution in [2.45, 2.75) is 31.8 Å². The Balaban J connectivity index is 1.98. The van der Waals surface area contributed by atoms with Crippen LogP contribution in [0, 0.1) is 5.92 Å². The summed E-state index contributed by atoms with van der Waals surface area (Å²) in [4.78, 5) is 5.27. The van der Waals surface area contributed by atoms with Crippen LogP contribution >= 0.6 is 0 Å². The highest BCUT2D eigenvalue weighted by Crippen LogP contribution is 2.37. The summed E-state index contributed by atoms with van der Waals surface area (Å²) < 4.78 is 0. The summed E-state index contributed by atoms with van der Waals surface area (Å²) in [5, 5.41) is 4.06. The number of nitrogens with two attached hydrogens (primary N) is 1. The molecule has 3 heteroatoms. The zero-order valence-corrected chi connectivity index (χ0v) is 6.84. The fraction of sp³-hybridized carbons (Fsp3) is 0.875. The van der Waals surface area contributed by atoms with Crippen LogP contribution in [0.1, 0.15) is 26.2 Å². The Labute approximate surface area is 66.6 Å². The predicted molar refractivity (Wildman–Crippen MR) is 43.3 cm³/mol. The van der Waals surface area contributed by atoms with Crippen LogP contribution in [0.4, 0.5) is 0 Å². The highest BCUT2D eigenvalue weighted by molar-refractivity contribution is 5.90. The second-order valence-corrected chi connectivity index (χ2v) is 3.78. The van der Waals surface area contributed by atoms with Crippen LogP contribution in [-0.2, 0) is 4.84 Å². The van der Waals surface area contributed by atoms with Gasteiger partial charge in [0.15, 0.2) is 5.60 Å². The van der Waals surface area contributed by atoms with Gasteiger partial charge in [-0.2, -0.15) is 0 Å². The van der Waals surface area contributed by atoms with Crippen molar-refractivity contribution in [2.24, 2.45) is 16.8 Å². The zero-order chi connectivity index (χ0) is 7.90. The summed E-state index contributed by atoms with van der Waals surface area (Å²) in [5.74, 6) is 0.725. The summed E-state index contributed by atoms with van der Waals surface area (Å²) in [6.07, 6.45) is 3.53. The minimum Gasteiger partial charge on any atom is -0.388 e. The Bertz CT molecular complexity index is 198. The summed E-state index contributed by atoms with van der Waals surface area (Å²) >= 11 is 0. The first kappa shape index (κ1) is 7.10. The molecule has 0 aromatic heterocycles. The van der Waals surface area contributed by atoms with Crippen LogP contribution in [0.25, 0.3) is 0 Å². The second-order valence-electron chi connectivity index (χ2n) is 3.78. The van der Waals surface area contributed by atoms with Crippen molar-refractivity contribution in [2.75, 3.05) is 6.54 Å². The maximum absolute atomic E-state index is 5.55. The van der Waals surface area contributed by atoms with E-state index in [1.807, 2.05) is 6.92 Å². The monoisotopic (exact) mass is 154 g/mol.